The summed E-state index contributed by atoms with van der Waals surface area (Å²) in [7, 11) is 0. The van der Waals surface area contributed by atoms with Gasteiger partial charge in [0.05, 0.1) is 5.41 Å². The minimum absolute atomic E-state index is 0.317. The van der Waals surface area contributed by atoms with E-state index in [0.29, 0.717) is 6.42 Å². The molecule has 0 aliphatic heterocycles. The van der Waals surface area contributed by atoms with Crippen molar-refractivity contribution in [2.75, 3.05) is 0 Å². The Labute approximate surface area is 65.8 Å². The molecule has 0 saturated carbocycles. The normalized spacial score (nSPS) is 16.6. The second kappa shape index (κ2) is 3.03. The molecule has 0 aromatic carbocycles. The van der Waals surface area contributed by atoms with E-state index in [0.717, 1.165) is 0 Å². The fourth-order valence-corrected chi connectivity index (χ4v) is 0.790. The Morgan fingerprint density at radius 3 is 1.64 bits per heavy atom. The lowest BCUT2D eigenvalue weighted by molar-refractivity contribution is -0.227. The van der Waals surface area contributed by atoms with Gasteiger partial charge < -0.3 is 0 Å². The Hall–Kier alpha value is -0.210. The lowest BCUT2D eigenvalue weighted by atomic mass is 9.78. The summed E-state index contributed by atoms with van der Waals surface area (Å²) < 4.78 is 36.8. The minimum Gasteiger partial charge on any atom is -0.171 e. The summed E-state index contributed by atoms with van der Waals surface area (Å²) in [5.74, 6) is -0.317. The molecular weight excluding hydrogens is 153 g/mol. The van der Waals surface area contributed by atoms with Gasteiger partial charge in [-0.3, -0.25) is 0 Å². The molecule has 0 aliphatic rings. The van der Waals surface area contributed by atoms with Gasteiger partial charge in [-0.05, 0) is 5.92 Å². The first kappa shape index (κ1) is 10.8. The summed E-state index contributed by atoms with van der Waals surface area (Å²) in [6, 6.07) is 0. The second-order valence-electron chi connectivity index (χ2n) is 3.53. The molecule has 68 valence electrons. The standard InChI is InChI=1S/C8H15F3/c1-5-6(2)7(3,4)8(9,10)11/h6H,5H2,1-4H3/t6-/m1/s1. The minimum atomic E-state index is -4.08. The molecule has 0 spiro atoms. The monoisotopic (exact) mass is 168 g/mol. The van der Waals surface area contributed by atoms with Crippen LogP contribution in [0.1, 0.15) is 34.1 Å². The van der Waals surface area contributed by atoms with E-state index < -0.39 is 11.6 Å². The van der Waals surface area contributed by atoms with Gasteiger partial charge in [0, 0.05) is 0 Å². The molecule has 11 heavy (non-hydrogen) atoms. The average molecular weight is 168 g/mol. The van der Waals surface area contributed by atoms with Gasteiger partial charge >= 0.3 is 6.18 Å². The summed E-state index contributed by atoms with van der Waals surface area (Å²) in [4.78, 5) is 0. The Morgan fingerprint density at radius 1 is 1.18 bits per heavy atom. The van der Waals surface area contributed by atoms with Crippen LogP contribution in [0.15, 0.2) is 0 Å². The predicted molar refractivity (Wildman–Crippen MR) is 39.3 cm³/mol. The van der Waals surface area contributed by atoms with E-state index in [1.54, 1.807) is 13.8 Å². The maximum absolute atomic E-state index is 12.3. The average Bonchev–Trinajstić information content (AvgIpc) is 1.83. The smallest absolute Gasteiger partial charge is 0.171 e. The van der Waals surface area contributed by atoms with Crippen molar-refractivity contribution in [3.8, 4) is 0 Å². The summed E-state index contributed by atoms with van der Waals surface area (Å²) in [6.07, 6.45) is -3.52. The van der Waals surface area contributed by atoms with E-state index in [9.17, 15) is 13.2 Å². The van der Waals surface area contributed by atoms with Crippen molar-refractivity contribution >= 4 is 0 Å². The van der Waals surface area contributed by atoms with Crippen LogP contribution in [0.5, 0.6) is 0 Å². The second-order valence-corrected chi connectivity index (χ2v) is 3.53. The molecular formula is C8H15F3. The molecule has 0 aromatic rings. The fraction of sp³-hybridized carbons (Fsp3) is 1.00. The lowest BCUT2D eigenvalue weighted by Gasteiger charge is -2.33. The molecule has 0 fully saturated rings. The van der Waals surface area contributed by atoms with Gasteiger partial charge in [-0.1, -0.05) is 34.1 Å². The van der Waals surface area contributed by atoms with E-state index >= 15 is 0 Å². The lowest BCUT2D eigenvalue weighted by Crippen LogP contribution is -2.37. The van der Waals surface area contributed by atoms with Crippen molar-refractivity contribution in [3.63, 3.8) is 0 Å². The first-order chi connectivity index (χ1) is 4.73. The summed E-state index contributed by atoms with van der Waals surface area (Å²) >= 11 is 0. The number of rotatable bonds is 2. The quantitative estimate of drug-likeness (QED) is 0.590. The summed E-state index contributed by atoms with van der Waals surface area (Å²) in [5, 5.41) is 0. The van der Waals surface area contributed by atoms with Gasteiger partial charge in [-0.25, -0.2) is 0 Å². The molecule has 0 saturated heterocycles. The predicted octanol–water partition coefficient (Wildman–Crippen LogP) is 3.62. The van der Waals surface area contributed by atoms with Gasteiger partial charge in [0.1, 0.15) is 0 Å². The maximum atomic E-state index is 12.3. The van der Waals surface area contributed by atoms with Crippen LogP contribution in [0.4, 0.5) is 13.2 Å². The first-order valence-corrected chi connectivity index (χ1v) is 3.80. The molecule has 0 nitrogen and oxygen atoms in total. The third-order valence-corrected chi connectivity index (χ3v) is 2.57. The molecule has 0 unspecified atom stereocenters. The van der Waals surface area contributed by atoms with Crippen LogP contribution in [-0.2, 0) is 0 Å². The van der Waals surface area contributed by atoms with Gasteiger partial charge in [0.25, 0.3) is 0 Å². The maximum Gasteiger partial charge on any atom is 0.394 e. The van der Waals surface area contributed by atoms with E-state index in [1.165, 1.54) is 13.8 Å². The van der Waals surface area contributed by atoms with Crippen molar-refractivity contribution in [2.24, 2.45) is 11.3 Å². The van der Waals surface area contributed by atoms with Crippen molar-refractivity contribution in [3.05, 3.63) is 0 Å². The zero-order chi connectivity index (χ0) is 9.28. The molecule has 0 aliphatic carbocycles. The third-order valence-electron chi connectivity index (χ3n) is 2.57. The number of hydrogen-bond acceptors (Lipinski definition) is 0. The van der Waals surface area contributed by atoms with Crippen LogP contribution in [0.25, 0.3) is 0 Å². The zero-order valence-electron chi connectivity index (χ0n) is 7.42. The number of hydrogen-bond donors (Lipinski definition) is 0. The van der Waals surface area contributed by atoms with Crippen molar-refractivity contribution in [1.82, 2.24) is 0 Å². The molecule has 0 radical (unpaired) electrons. The SMILES string of the molecule is CC[C@@H](C)C(C)(C)C(F)(F)F. The Balaban J connectivity index is 4.45. The van der Waals surface area contributed by atoms with Gasteiger partial charge in [0.15, 0.2) is 0 Å². The van der Waals surface area contributed by atoms with Crippen LogP contribution in [0.2, 0.25) is 0 Å². The highest BCUT2D eigenvalue weighted by molar-refractivity contribution is 4.81. The Bertz CT molecular complexity index is 124. The molecule has 1 atom stereocenters. The highest BCUT2D eigenvalue weighted by atomic mass is 19.4. The number of alkyl halides is 3. The fourth-order valence-electron chi connectivity index (χ4n) is 0.790. The molecule has 3 heteroatoms. The van der Waals surface area contributed by atoms with E-state index in [1.807, 2.05) is 0 Å². The molecule has 0 N–H and O–H groups in total. The van der Waals surface area contributed by atoms with Gasteiger partial charge in [0.2, 0.25) is 0 Å². The highest BCUT2D eigenvalue weighted by Gasteiger charge is 2.49. The summed E-state index contributed by atoms with van der Waals surface area (Å²) in [5.41, 5.74) is -1.55. The van der Waals surface area contributed by atoms with E-state index in [2.05, 4.69) is 0 Å². The first-order valence-electron chi connectivity index (χ1n) is 3.80. The Kier molecular flexibility index (Phi) is 2.98. The Morgan fingerprint density at radius 2 is 1.55 bits per heavy atom. The molecule has 0 amide bonds. The van der Waals surface area contributed by atoms with Crippen LogP contribution in [0, 0.1) is 11.3 Å². The van der Waals surface area contributed by atoms with Gasteiger partial charge in [-0.15, -0.1) is 0 Å². The van der Waals surface area contributed by atoms with Crippen molar-refractivity contribution < 1.29 is 13.2 Å². The van der Waals surface area contributed by atoms with Crippen LogP contribution < -0.4 is 0 Å². The third kappa shape index (κ3) is 2.11. The molecule has 0 heterocycles. The van der Waals surface area contributed by atoms with Crippen LogP contribution in [0.3, 0.4) is 0 Å². The highest BCUT2D eigenvalue weighted by Crippen LogP contribution is 2.44. The van der Waals surface area contributed by atoms with Crippen LogP contribution >= 0.6 is 0 Å². The molecule has 0 rings (SSSR count). The van der Waals surface area contributed by atoms with Crippen molar-refractivity contribution in [1.29, 1.82) is 0 Å². The molecule has 0 aromatic heterocycles. The van der Waals surface area contributed by atoms with Gasteiger partial charge in [-0.2, -0.15) is 13.2 Å². The van der Waals surface area contributed by atoms with Crippen molar-refractivity contribution in [2.45, 2.75) is 40.3 Å². The zero-order valence-corrected chi connectivity index (χ0v) is 7.42. The van der Waals surface area contributed by atoms with Crippen LogP contribution in [-0.4, -0.2) is 6.18 Å². The largest absolute Gasteiger partial charge is 0.394 e. The van der Waals surface area contributed by atoms with E-state index in [4.69, 9.17) is 0 Å². The molecule has 0 bridgehead atoms. The topological polar surface area (TPSA) is 0 Å². The number of halogens is 3. The van der Waals surface area contributed by atoms with E-state index in [-0.39, 0.29) is 5.92 Å². The summed E-state index contributed by atoms with van der Waals surface area (Å²) in [6.45, 7) is 5.91.